The van der Waals surface area contributed by atoms with E-state index in [-0.39, 0.29) is 11.8 Å². The molecule has 0 N–H and O–H groups in total. The summed E-state index contributed by atoms with van der Waals surface area (Å²) in [6, 6.07) is 0.190. The molecular weight excluding hydrogens is 307 g/mol. The molecule has 0 amide bonds. The van der Waals surface area contributed by atoms with Crippen LogP contribution in [0.2, 0.25) is 5.15 Å². The van der Waals surface area contributed by atoms with E-state index >= 15 is 0 Å². The molecule has 20 heavy (non-hydrogen) atoms. The first kappa shape index (κ1) is 16.7. The van der Waals surface area contributed by atoms with Crippen molar-refractivity contribution in [3.63, 3.8) is 0 Å². The fourth-order valence-electron chi connectivity index (χ4n) is 1.40. The number of carbonyl (C=O) groups excluding carboxylic acids is 1. The van der Waals surface area contributed by atoms with Gasteiger partial charge in [0.15, 0.2) is 16.7 Å². The van der Waals surface area contributed by atoms with Gasteiger partial charge in [0.05, 0.1) is 0 Å². The summed E-state index contributed by atoms with van der Waals surface area (Å²) in [4.78, 5) is 10.4. The third kappa shape index (κ3) is 5.36. The SMILES string of the molecule is Fc1cc(C(F)(F)F)nnc1Cl.O=C1CCC(F)CC1. The van der Waals surface area contributed by atoms with Gasteiger partial charge in [0.25, 0.3) is 0 Å². The number of hydrogen-bond acceptors (Lipinski definition) is 3. The van der Waals surface area contributed by atoms with Gasteiger partial charge >= 0.3 is 6.18 Å². The molecule has 1 aliphatic carbocycles. The highest BCUT2D eigenvalue weighted by Gasteiger charge is 2.33. The lowest BCUT2D eigenvalue weighted by Gasteiger charge is -2.11. The maximum atomic E-state index is 12.4. The molecule has 9 heteroatoms. The summed E-state index contributed by atoms with van der Waals surface area (Å²) >= 11 is 5.01. The lowest BCUT2D eigenvalue weighted by Crippen LogP contribution is -2.13. The lowest BCUT2D eigenvalue weighted by atomic mass is 9.98. The first-order valence-electron chi connectivity index (χ1n) is 5.62. The third-order valence-electron chi connectivity index (χ3n) is 2.47. The molecule has 0 bridgehead atoms. The average Bonchev–Trinajstić information content (AvgIpc) is 2.36. The zero-order valence-corrected chi connectivity index (χ0v) is 10.8. The number of halogens is 6. The normalized spacial score (nSPS) is 16.6. The van der Waals surface area contributed by atoms with E-state index in [4.69, 9.17) is 11.6 Å². The van der Waals surface area contributed by atoms with Crippen LogP contribution in [0.4, 0.5) is 22.0 Å². The largest absolute Gasteiger partial charge is 0.435 e. The Morgan fingerprint density at radius 1 is 1.20 bits per heavy atom. The summed E-state index contributed by atoms with van der Waals surface area (Å²) < 4.78 is 59.9. The molecule has 1 aliphatic rings. The molecule has 1 heterocycles. The highest BCUT2D eigenvalue weighted by atomic mass is 35.5. The molecule has 0 unspecified atom stereocenters. The van der Waals surface area contributed by atoms with Gasteiger partial charge in [-0.25, -0.2) is 8.78 Å². The molecule has 0 radical (unpaired) electrons. The Hall–Kier alpha value is -1.31. The minimum atomic E-state index is -4.70. The monoisotopic (exact) mass is 316 g/mol. The van der Waals surface area contributed by atoms with Gasteiger partial charge in [0.1, 0.15) is 12.0 Å². The van der Waals surface area contributed by atoms with Crippen molar-refractivity contribution in [3.05, 3.63) is 22.7 Å². The summed E-state index contributed by atoms with van der Waals surface area (Å²) in [6.07, 6.45) is -3.56. The smallest absolute Gasteiger partial charge is 0.300 e. The number of carbonyl (C=O) groups is 1. The van der Waals surface area contributed by atoms with Gasteiger partial charge in [-0.2, -0.15) is 13.2 Å². The summed E-state index contributed by atoms with van der Waals surface area (Å²) in [5.41, 5.74) is -1.40. The van der Waals surface area contributed by atoms with Crippen molar-refractivity contribution in [1.29, 1.82) is 0 Å². The van der Waals surface area contributed by atoms with E-state index in [1.165, 1.54) is 0 Å². The first-order valence-corrected chi connectivity index (χ1v) is 5.99. The molecule has 112 valence electrons. The Bertz CT molecular complexity index is 470. The third-order valence-corrected chi connectivity index (χ3v) is 2.73. The minimum absolute atomic E-state index is 0.190. The maximum Gasteiger partial charge on any atom is 0.435 e. The summed E-state index contributed by atoms with van der Waals surface area (Å²) in [7, 11) is 0. The fraction of sp³-hybridized carbons (Fsp3) is 0.545. The fourth-order valence-corrected chi connectivity index (χ4v) is 1.49. The van der Waals surface area contributed by atoms with E-state index in [1.54, 1.807) is 0 Å². The number of alkyl halides is 4. The van der Waals surface area contributed by atoms with Gasteiger partial charge in [0, 0.05) is 18.9 Å². The van der Waals surface area contributed by atoms with Crippen molar-refractivity contribution < 1.29 is 26.7 Å². The average molecular weight is 317 g/mol. The van der Waals surface area contributed by atoms with Crippen molar-refractivity contribution >= 4 is 17.4 Å². The molecule has 0 atom stereocenters. The molecule has 1 fully saturated rings. The molecular formula is C11H10ClF5N2O. The summed E-state index contributed by atoms with van der Waals surface area (Å²) in [5, 5.41) is 4.75. The van der Waals surface area contributed by atoms with Gasteiger partial charge in [-0.05, 0) is 12.8 Å². The van der Waals surface area contributed by atoms with E-state index in [9.17, 15) is 26.7 Å². The first-order chi connectivity index (χ1) is 9.20. The van der Waals surface area contributed by atoms with Crippen LogP contribution < -0.4 is 0 Å². The van der Waals surface area contributed by atoms with Crippen molar-refractivity contribution in [1.82, 2.24) is 10.2 Å². The Balaban J connectivity index is 0.000000217. The van der Waals surface area contributed by atoms with Crippen LogP contribution in [0.15, 0.2) is 6.07 Å². The lowest BCUT2D eigenvalue weighted by molar-refractivity contribution is -0.142. The van der Waals surface area contributed by atoms with Gasteiger partial charge in [0.2, 0.25) is 0 Å². The molecule has 0 aromatic carbocycles. The van der Waals surface area contributed by atoms with Gasteiger partial charge in [-0.1, -0.05) is 11.6 Å². The van der Waals surface area contributed by atoms with Crippen LogP contribution in [0.25, 0.3) is 0 Å². The molecule has 0 saturated heterocycles. The van der Waals surface area contributed by atoms with Crippen molar-refractivity contribution in [3.8, 4) is 0 Å². The van der Waals surface area contributed by atoms with Gasteiger partial charge in [-0.3, -0.25) is 4.79 Å². The number of ketones is 1. The zero-order chi connectivity index (χ0) is 15.3. The molecule has 0 spiro atoms. The topological polar surface area (TPSA) is 42.9 Å². The number of aromatic nitrogens is 2. The molecule has 1 aromatic heterocycles. The van der Waals surface area contributed by atoms with E-state index in [2.05, 4.69) is 10.2 Å². The highest BCUT2D eigenvalue weighted by Crippen LogP contribution is 2.28. The van der Waals surface area contributed by atoms with Crippen LogP contribution in [-0.4, -0.2) is 22.2 Å². The highest BCUT2D eigenvalue weighted by molar-refractivity contribution is 6.29. The van der Waals surface area contributed by atoms with E-state index in [0.717, 1.165) is 0 Å². The molecule has 0 aliphatic heterocycles. The second-order valence-corrected chi connectivity index (χ2v) is 4.44. The Kier molecular flexibility index (Phi) is 5.79. The maximum absolute atomic E-state index is 12.4. The van der Waals surface area contributed by atoms with E-state index < -0.39 is 29.0 Å². The standard InChI is InChI=1S/C6H9FO.C5HClF4N2/c7-5-1-3-6(8)4-2-5;6-4-2(7)1-3(11-12-4)5(8,9)10/h5H,1-4H2;1H. The Morgan fingerprint density at radius 3 is 2.15 bits per heavy atom. The van der Waals surface area contributed by atoms with Gasteiger partial charge < -0.3 is 0 Å². The van der Waals surface area contributed by atoms with Crippen LogP contribution in [-0.2, 0) is 11.0 Å². The van der Waals surface area contributed by atoms with Crippen LogP contribution in [0.5, 0.6) is 0 Å². The van der Waals surface area contributed by atoms with Crippen molar-refractivity contribution in [2.45, 2.75) is 38.0 Å². The predicted molar refractivity (Wildman–Crippen MR) is 60.4 cm³/mol. The zero-order valence-electron chi connectivity index (χ0n) is 10.1. The Morgan fingerprint density at radius 2 is 1.75 bits per heavy atom. The minimum Gasteiger partial charge on any atom is -0.300 e. The number of rotatable bonds is 0. The van der Waals surface area contributed by atoms with E-state index in [1.807, 2.05) is 0 Å². The Labute approximate surface area is 116 Å². The van der Waals surface area contributed by atoms with Crippen molar-refractivity contribution in [2.75, 3.05) is 0 Å². The summed E-state index contributed by atoms with van der Waals surface area (Å²) in [5.74, 6) is -1.02. The second kappa shape index (κ2) is 6.92. The van der Waals surface area contributed by atoms with Crippen LogP contribution in [0.1, 0.15) is 31.4 Å². The molecule has 1 saturated carbocycles. The molecule has 3 nitrogen and oxygen atoms in total. The van der Waals surface area contributed by atoms with Crippen LogP contribution in [0.3, 0.4) is 0 Å². The predicted octanol–water partition coefficient (Wildman–Crippen LogP) is 3.76. The van der Waals surface area contributed by atoms with Gasteiger partial charge in [-0.15, -0.1) is 10.2 Å². The van der Waals surface area contributed by atoms with Crippen LogP contribution >= 0.6 is 11.6 Å². The quantitative estimate of drug-likeness (QED) is 0.685. The number of hydrogen-bond donors (Lipinski definition) is 0. The van der Waals surface area contributed by atoms with Crippen LogP contribution in [0, 0.1) is 5.82 Å². The molecule has 2 rings (SSSR count). The summed E-state index contributed by atoms with van der Waals surface area (Å²) in [6.45, 7) is 0. The van der Waals surface area contributed by atoms with E-state index in [0.29, 0.717) is 25.7 Å². The van der Waals surface area contributed by atoms with Crippen molar-refractivity contribution in [2.24, 2.45) is 0 Å². The molecule has 1 aromatic rings. The second-order valence-electron chi connectivity index (χ2n) is 4.08. The number of nitrogens with zero attached hydrogens (tertiary/aromatic N) is 2. The number of Topliss-reactive ketones (excluding diaryl/α,β-unsaturated/α-hetero) is 1.